The molecule has 1 saturated heterocycles. The van der Waals surface area contributed by atoms with Crippen molar-refractivity contribution in [3.05, 3.63) is 51.8 Å². The quantitative estimate of drug-likeness (QED) is 0.605. The van der Waals surface area contributed by atoms with Crippen molar-refractivity contribution in [1.29, 1.82) is 0 Å². The lowest BCUT2D eigenvalue weighted by Gasteiger charge is -2.27. The minimum Gasteiger partial charge on any atom is -0.378 e. The van der Waals surface area contributed by atoms with E-state index in [2.05, 4.69) is 20.8 Å². The van der Waals surface area contributed by atoms with E-state index in [1.165, 1.54) is 6.33 Å². The molecular weight excluding hydrogens is 340 g/mol. The van der Waals surface area contributed by atoms with Gasteiger partial charge in [-0.15, -0.1) is 0 Å². The first kappa shape index (κ1) is 17.5. The van der Waals surface area contributed by atoms with Crippen LogP contribution in [0.2, 0.25) is 0 Å². The predicted octanol–water partition coefficient (Wildman–Crippen LogP) is 1.29. The Hall–Kier alpha value is -3.27. The number of nitro groups is 1. The van der Waals surface area contributed by atoms with Crippen LogP contribution in [0.15, 0.2) is 30.6 Å². The highest BCUT2D eigenvalue weighted by Crippen LogP contribution is 2.31. The number of anilines is 2. The Balaban J connectivity index is 1.82. The molecule has 1 amide bonds. The molecule has 2 aromatic rings. The topological polar surface area (TPSA) is 123 Å². The van der Waals surface area contributed by atoms with E-state index in [0.29, 0.717) is 31.9 Å². The Morgan fingerprint density at radius 2 is 2.00 bits per heavy atom. The van der Waals surface area contributed by atoms with Crippen LogP contribution in [-0.4, -0.2) is 47.1 Å². The monoisotopic (exact) mass is 358 g/mol. The third-order valence-corrected chi connectivity index (χ3v) is 3.98. The van der Waals surface area contributed by atoms with E-state index in [0.717, 1.165) is 5.56 Å². The zero-order valence-corrected chi connectivity index (χ0v) is 14.1. The molecule has 10 nitrogen and oxygen atoms in total. The minimum absolute atomic E-state index is 0.0755. The fourth-order valence-corrected chi connectivity index (χ4v) is 2.65. The van der Waals surface area contributed by atoms with Gasteiger partial charge in [-0.05, 0) is 18.6 Å². The SMILES string of the molecule is Cc1ccccc1C(=O)NNc1ncnc(N2CCOCC2)c1[N+](=O)[O-]. The van der Waals surface area contributed by atoms with Crippen LogP contribution in [-0.2, 0) is 4.74 Å². The molecule has 0 aliphatic carbocycles. The second-order valence-electron chi connectivity index (χ2n) is 5.65. The first-order valence-electron chi connectivity index (χ1n) is 8.02. The number of hydrazine groups is 1. The van der Waals surface area contributed by atoms with Gasteiger partial charge in [0.05, 0.1) is 18.1 Å². The lowest BCUT2D eigenvalue weighted by atomic mass is 10.1. The maximum atomic E-state index is 12.3. The molecule has 0 radical (unpaired) electrons. The predicted molar refractivity (Wildman–Crippen MR) is 94.0 cm³/mol. The molecule has 1 aliphatic heterocycles. The minimum atomic E-state index is -0.562. The molecule has 1 aromatic heterocycles. The number of rotatable bonds is 5. The van der Waals surface area contributed by atoms with E-state index in [-0.39, 0.29) is 17.3 Å². The highest BCUT2D eigenvalue weighted by molar-refractivity contribution is 5.96. The number of amides is 1. The first-order chi connectivity index (χ1) is 12.6. The first-order valence-corrected chi connectivity index (χ1v) is 8.02. The summed E-state index contributed by atoms with van der Waals surface area (Å²) in [4.78, 5) is 33.0. The number of hydrogen-bond donors (Lipinski definition) is 2. The Kier molecular flexibility index (Phi) is 5.23. The van der Waals surface area contributed by atoms with Gasteiger partial charge in [0.2, 0.25) is 11.6 Å². The molecule has 0 atom stereocenters. The van der Waals surface area contributed by atoms with Gasteiger partial charge in [0.15, 0.2) is 0 Å². The number of carbonyl (C=O) groups excluding carboxylic acids is 1. The van der Waals surface area contributed by atoms with Crippen LogP contribution in [0, 0.1) is 17.0 Å². The second kappa shape index (κ2) is 7.74. The van der Waals surface area contributed by atoms with Crippen LogP contribution in [0.1, 0.15) is 15.9 Å². The molecule has 0 spiro atoms. The normalized spacial score (nSPS) is 14.0. The smallest absolute Gasteiger partial charge is 0.355 e. The van der Waals surface area contributed by atoms with Gasteiger partial charge in [-0.1, -0.05) is 18.2 Å². The molecule has 2 heterocycles. The van der Waals surface area contributed by atoms with Crippen LogP contribution >= 0.6 is 0 Å². The highest BCUT2D eigenvalue weighted by atomic mass is 16.6. The molecular formula is C16H18N6O4. The summed E-state index contributed by atoms with van der Waals surface area (Å²) >= 11 is 0. The van der Waals surface area contributed by atoms with Crippen LogP contribution in [0.3, 0.4) is 0 Å². The van der Waals surface area contributed by atoms with Crippen molar-refractivity contribution in [2.24, 2.45) is 0 Å². The number of nitrogens with zero attached hydrogens (tertiary/aromatic N) is 4. The fourth-order valence-electron chi connectivity index (χ4n) is 2.65. The third kappa shape index (κ3) is 3.70. The summed E-state index contributed by atoms with van der Waals surface area (Å²) in [6, 6.07) is 7.04. The maximum Gasteiger partial charge on any atom is 0.355 e. The maximum absolute atomic E-state index is 12.3. The molecule has 10 heteroatoms. The van der Waals surface area contributed by atoms with E-state index < -0.39 is 10.8 Å². The van der Waals surface area contributed by atoms with E-state index in [1.54, 1.807) is 30.0 Å². The number of nitrogens with one attached hydrogen (secondary N) is 2. The molecule has 1 aromatic carbocycles. The van der Waals surface area contributed by atoms with E-state index in [1.807, 2.05) is 6.07 Å². The fraction of sp³-hybridized carbons (Fsp3) is 0.312. The lowest BCUT2D eigenvalue weighted by Crippen LogP contribution is -2.37. The van der Waals surface area contributed by atoms with Crippen molar-refractivity contribution in [2.45, 2.75) is 6.92 Å². The zero-order valence-electron chi connectivity index (χ0n) is 14.1. The molecule has 1 aliphatic rings. The molecule has 3 rings (SSSR count). The summed E-state index contributed by atoms with van der Waals surface area (Å²) in [5.41, 5.74) is 5.96. The number of hydrogen-bond acceptors (Lipinski definition) is 8. The Bertz CT molecular complexity index is 822. The van der Waals surface area contributed by atoms with Crippen LogP contribution < -0.4 is 15.8 Å². The van der Waals surface area contributed by atoms with Gasteiger partial charge in [0, 0.05) is 18.7 Å². The molecule has 26 heavy (non-hydrogen) atoms. The Labute approximate surface area is 149 Å². The van der Waals surface area contributed by atoms with Crippen molar-refractivity contribution >= 4 is 23.2 Å². The average Bonchev–Trinajstić information content (AvgIpc) is 2.66. The molecule has 2 N–H and O–H groups in total. The molecule has 1 fully saturated rings. The second-order valence-corrected chi connectivity index (χ2v) is 5.65. The molecule has 136 valence electrons. The van der Waals surface area contributed by atoms with Gasteiger partial charge in [0.1, 0.15) is 6.33 Å². The lowest BCUT2D eigenvalue weighted by molar-refractivity contribution is -0.383. The van der Waals surface area contributed by atoms with Crippen molar-refractivity contribution in [1.82, 2.24) is 15.4 Å². The van der Waals surface area contributed by atoms with Crippen molar-refractivity contribution in [3.8, 4) is 0 Å². The Morgan fingerprint density at radius 1 is 1.27 bits per heavy atom. The Morgan fingerprint density at radius 3 is 2.69 bits per heavy atom. The van der Waals surface area contributed by atoms with Crippen LogP contribution in [0.5, 0.6) is 0 Å². The van der Waals surface area contributed by atoms with Crippen molar-refractivity contribution < 1.29 is 14.5 Å². The number of ether oxygens (including phenoxy) is 1. The van der Waals surface area contributed by atoms with Crippen LogP contribution in [0.25, 0.3) is 0 Å². The number of aromatic nitrogens is 2. The van der Waals surface area contributed by atoms with Crippen molar-refractivity contribution in [2.75, 3.05) is 36.6 Å². The van der Waals surface area contributed by atoms with Gasteiger partial charge < -0.3 is 9.64 Å². The molecule has 0 unspecified atom stereocenters. The van der Waals surface area contributed by atoms with E-state index in [4.69, 9.17) is 4.74 Å². The van der Waals surface area contributed by atoms with Gasteiger partial charge in [-0.2, -0.15) is 0 Å². The summed E-state index contributed by atoms with van der Waals surface area (Å²) in [5, 5.41) is 11.6. The number of carbonyl (C=O) groups is 1. The van der Waals surface area contributed by atoms with Gasteiger partial charge in [-0.3, -0.25) is 25.8 Å². The van der Waals surface area contributed by atoms with Gasteiger partial charge in [0.25, 0.3) is 5.91 Å². The van der Waals surface area contributed by atoms with Gasteiger partial charge >= 0.3 is 5.69 Å². The summed E-state index contributed by atoms with van der Waals surface area (Å²) < 4.78 is 5.26. The summed E-state index contributed by atoms with van der Waals surface area (Å²) in [6.45, 7) is 3.72. The average molecular weight is 358 g/mol. The summed E-state index contributed by atoms with van der Waals surface area (Å²) in [7, 11) is 0. The molecule has 0 saturated carbocycles. The zero-order chi connectivity index (χ0) is 18.5. The summed E-state index contributed by atoms with van der Waals surface area (Å²) in [6.07, 6.45) is 1.22. The standard InChI is InChI=1S/C16H18N6O4/c1-11-4-2-3-5-12(11)16(23)20-19-14-13(22(24)25)15(18-10-17-14)21-6-8-26-9-7-21/h2-5,10H,6-9H2,1H3,(H,20,23)(H,17,18,19). The third-order valence-electron chi connectivity index (χ3n) is 3.98. The van der Waals surface area contributed by atoms with E-state index >= 15 is 0 Å². The largest absolute Gasteiger partial charge is 0.378 e. The van der Waals surface area contributed by atoms with Gasteiger partial charge in [-0.25, -0.2) is 9.97 Å². The number of aryl methyl sites for hydroxylation is 1. The van der Waals surface area contributed by atoms with Crippen molar-refractivity contribution in [3.63, 3.8) is 0 Å². The number of morpholine rings is 1. The summed E-state index contributed by atoms with van der Waals surface area (Å²) in [5.74, 6) is -0.293. The highest BCUT2D eigenvalue weighted by Gasteiger charge is 2.28. The van der Waals surface area contributed by atoms with E-state index in [9.17, 15) is 14.9 Å². The number of benzene rings is 1. The molecule has 0 bridgehead atoms. The van der Waals surface area contributed by atoms with Crippen LogP contribution in [0.4, 0.5) is 17.3 Å².